The Balaban J connectivity index is 1.43. The number of rotatable bonds is 8. The quantitative estimate of drug-likeness (QED) is 0.401. The number of halogens is 1. The predicted molar refractivity (Wildman–Crippen MR) is 136 cm³/mol. The van der Waals surface area contributed by atoms with Crippen molar-refractivity contribution in [2.45, 2.75) is 31.8 Å². The Hall–Kier alpha value is -3.03. The molecule has 0 spiro atoms. The van der Waals surface area contributed by atoms with Crippen LogP contribution in [-0.2, 0) is 17.7 Å². The molecule has 1 unspecified atom stereocenters. The van der Waals surface area contributed by atoms with Crippen LogP contribution in [0.1, 0.15) is 44.0 Å². The number of thiophene rings is 1. The van der Waals surface area contributed by atoms with E-state index in [4.69, 9.17) is 4.74 Å². The fraction of sp³-hybridized carbons (Fsp3) is 0.357. The highest BCUT2D eigenvalue weighted by Crippen LogP contribution is 2.29. The normalized spacial score (nSPS) is 15.5. The third-order valence-electron chi connectivity index (χ3n) is 6.89. The number of likely N-dealkylation sites (tertiary alicyclic amines) is 1. The minimum atomic E-state index is -0.334. The molecule has 1 aliphatic rings. The lowest BCUT2D eigenvalue weighted by Gasteiger charge is -2.40. The highest BCUT2D eigenvalue weighted by molar-refractivity contribution is 7.12. The van der Waals surface area contributed by atoms with Gasteiger partial charge in [0.25, 0.3) is 5.91 Å². The minimum absolute atomic E-state index is 0.00513. The van der Waals surface area contributed by atoms with Crippen LogP contribution in [0.2, 0.25) is 0 Å². The van der Waals surface area contributed by atoms with Gasteiger partial charge in [-0.15, -0.1) is 11.3 Å². The standard InChI is InChI=1S/C28H31FN2O3S/c1-30(27(32)26-8-5-17-35-26)25(18-23-6-3-4-7-24(23)29)21-13-15-31(16-14-21)19-20-9-11-22(12-10-20)28(33)34-2/h3-12,17,21,25H,13-16,18-19H2,1-2H3. The van der Waals surface area contributed by atoms with Crippen molar-refractivity contribution in [2.75, 3.05) is 27.2 Å². The van der Waals surface area contributed by atoms with E-state index in [0.717, 1.165) is 38.0 Å². The van der Waals surface area contributed by atoms with E-state index < -0.39 is 0 Å². The molecular formula is C28H31FN2O3S. The Bertz CT molecular complexity index is 1130. The molecule has 0 N–H and O–H groups in total. The van der Waals surface area contributed by atoms with E-state index in [1.807, 2.05) is 53.7 Å². The zero-order valence-electron chi connectivity index (χ0n) is 20.2. The van der Waals surface area contributed by atoms with E-state index in [1.54, 1.807) is 18.2 Å². The summed E-state index contributed by atoms with van der Waals surface area (Å²) in [4.78, 5) is 29.8. The highest BCUT2D eigenvalue weighted by atomic mass is 32.1. The molecule has 184 valence electrons. The minimum Gasteiger partial charge on any atom is -0.465 e. The molecule has 1 saturated heterocycles. The molecule has 4 rings (SSSR count). The van der Waals surface area contributed by atoms with Crippen LogP contribution in [0.5, 0.6) is 0 Å². The first-order chi connectivity index (χ1) is 17.0. The molecule has 0 bridgehead atoms. The summed E-state index contributed by atoms with van der Waals surface area (Å²) in [5.74, 6) is -0.280. The van der Waals surface area contributed by atoms with E-state index in [9.17, 15) is 14.0 Å². The number of carbonyl (C=O) groups excluding carboxylic acids is 2. The number of ether oxygens (including phenoxy) is 1. The maximum Gasteiger partial charge on any atom is 0.337 e. The van der Waals surface area contributed by atoms with Crippen molar-refractivity contribution in [2.24, 2.45) is 5.92 Å². The summed E-state index contributed by atoms with van der Waals surface area (Å²) in [6.07, 6.45) is 2.36. The fourth-order valence-corrected chi connectivity index (χ4v) is 5.56. The van der Waals surface area contributed by atoms with Crippen molar-refractivity contribution in [1.82, 2.24) is 9.80 Å². The molecule has 1 aliphatic heterocycles. The second-order valence-corrected chi connectivity index (χ2v) is 10.0. The van der Waals surface area contributed by atoms with E-state index >= 15 is 0 Å². The van der Waals surface area contributed by atoms with E-state index in [-0.39, 0.29) is 29.7 Å². The third kappa shape index (κ3) is 6.16. The van der Waals surface area contributed by atoms with Crippen LogP contribution in [0.15, 0.2) is 66.0 Å². The Labute approximate surface area is 210 Å². The van der Waals surface area contributed by atoms with Crippen LogP contribution in [0.3, 0.4) is 0 Å². The number of hydrogen-bond acceptors (Lipinski definition) is 5. The van der Waals surface area contributed by atoms with Crippen molar-refractivity contribution in [3.63, 3.8) is 0 Å². The molecule has 7 heteroatoms. The number of piperidine rings is 1. The molecule has 2 aromatic carbocycles. The molecule has 3 aromatic rings. The number of carbonyl (C=O) groups is 2. The molecule has 1 atom stereocenters. The van der Waals surface area contributed by atoms with Gasteiger partial charge < -0.3 is 9.64 Å². The Morgan fingerprint density at radius 1 is 1.09 bits per heavy atom. The second kappa shape index (κ2) is 11.6. The SMILES string of the molecule is COC(=O)c1ccc(CN2CCC(C(Cc3ccccc3F)N(C)C(=O)c3cccs3)CC2)cc1. The van der Waals surface area contributed by atoms with Gasteiger partial charge in [-0.3, -0.25) is 9.69 Å². The van der Waals surface area contributed by atoms with Gasteiger partial charge in [0.05, 0.1) is 17.6 Å². The first kappa shape index (κ1) is 25.1. The number of amides is 1. The van der Waals surface area contributed by atoms with E-state index in [1.165, 1.54) is 24.5 Å². The molecule has 1 fully saturated rings. The summed E-state index contributed by atoms with van der Waals surface area (Å²) in [6, 6.07) is 18.0. The first-order valence-corrected chi connectivity index (χ1v) is 12.8. The van der Waals surface area contributed by atoms with Gasteiger partial charge in [0.2, 0.25) is 0 Å². The molecular weight excluding hydrogens is 463 g/mol. The average molecular weight is 495 g/mol. The zero-order chi connectivity index (χ0) is 24.8. The Morgan fingerprint density at radius 2 is 1.80 bits per heavy atom. The third-order valence-corrected chi connectivity index (χ3v) is 7.75. The molecule has 0 radical (unpaired) electrons. The number of hydrogen-bond donors (Lipinski definition) is 0. The lowest BCUT2D eigenvalue weighted by molar-refractivity contribution is 0.0586. The molecule has 5 nitrogen and oxygen atoms in total. The number of benzene rings is 2. The zero-order valence-corrected chi connectivity index (χ0v) is 21.0. The topological polar surface area (TPSA) is 49.9 Å². The maximum atomic E-state index is 14.5. The Morgan fingerprint density at radius 3 is 2.43 bits per heavy atom. The second-order valence-electron chi connectivity index (χ2n) is 9.06. The number of likely N-dealkylation sites (N-methyl/N-ethyl adjacent to an activating group) is 1. The first-order valence-electron chi connectivity index (χ1n) is 11.9. The molecule has 35 heavy (non-hydrogen) atoms. The van der Waals surface area contributed by atoms with Gasteiger partial charge in [-0.25, -0.2) is 9.18 Å². The average Bonchev–Trinajstić information content (AvgIpc) is 3.43. The van der Waals surface area contributed by atoms with Crippen molar-refractivity contribution in [3.05, 3.63) is 93.4 Å². The Kier molecular flexibility index (Phi) is 8.31. The number of nitrogens with zero attached hydrogens (tertiary/aromatic N) is 2. The van der Waals surface area contributed by atoms with Crippen molar-refractivity contribution >= 4 is 23.2 Å². The van der Waals surface area contributed by atoms with Crippen molar-refractivity contribution < 1.29 is 18.7 Å². The van der Waals surface area contributed by atoms with Gasteiger partial charge in [0, 0.05) is 19.6 Å². The van der Waals surface area contributed by atoms with Crippen LogP contribution in [0.25, 0.3) is 0 Å². The van der Waals surface area contributed by atoms with Crippen molar-refractivity contribution in [1.29, 1.82) is 0 Å². The molecule has 1 aromatic heterocycles. The lowest BCUT2D eigenvalue weighted by atomic mass is 9.84. The van der Waals surface area contributed by atoms with Gasteiger partial charge in [-0.1, -0.05) is 36.4 Å². The molecule has 1 amide bonds. The summed E-state index contributed by atoms with van der Waals surface area (Å²) in [6.45, 7) is 2.60. The summed E-state index contributed by atoms with van der Waals surface area (Å²) in [5, 5.41) is 1.91. The summed E-state index contributed by atoms with van der Waals surface area (Å²) >= 11 is 1.44. The van der Waals surface area contributed by atoms with Gasteiger partial charge in [-0.05, 0) is 79.0 Å². The predicted octanol–water partition coefficient (Wildman–Crippen LogP) is 5.27. The van der Waals surface area contributed by atoms with E-state index in [0.29, 0.717) is 22.4 Å². The molecule has 2 heterocycles. The van der Waals surface area contributed by atoms with Crippen LogP contribution in [0, 0.1) is 11.7 Å². The van der Waals surface area contributed by atoms with Crippen LogP contribution < -0.4 is 0 Å². The number of methoxy groups -OCH3 is 1. The van der Waals surface area contributed by atoms with Crippen LogP contribution >= 0.6 is 11.3 Å². The fourth-order valence-electron chi connectivity index (χ4n) is 4.85. The highest BCUT2D eigenvalue weighted by Gasteiger charge is 2.32. The number of esters is 1. The largest absolute Gasteiger partial charge is 0.465 e. The van der Waals surface area contributed by atoms with Crippen LogP contribution in [-0.4, -0.2) is 55.0 Å². The van der Waals surface area contributed by atoms with Crippen molar-refractivity contribution in [3.8, 4) is 0 Å². The summed E-state index contributed by atoms with van der Waals surface area (Å²) in [7, 11) is 3.23. The van der Waals surface area contributed by atoms with E-state index in [2.05, 4.69) is 4.90 Å². The monoisotopic (exact) mass is 494 g/mol. The molecule has 0 aliphatic carbocycles. The van der Waals surface area contributed by atoms with Crippen LogP contribution in [0.4, 0.5) is 4.39 Å². The van der Waals surface area contributed by atoms with Gasteiger partial charge >= 0.3 is 5.97 Å². The summed E-state index contributed by atoms with van der Waals surface area (Å²) in [5.41, 5.74) is 2.34. The van der Waals surface area contributed by atoms with Gasteiger partial charge in [-0.2, -0.15) is 0 Å². The molecule has 0 saturated carbocycles. The summed E-state index contributed by atoms with van der Waals surface area (Å²) < 4.78 is 19.3. The smallest absolute Gasteiger partial charge is 0.337 e. The lowest BCUT2D eigenvalue weighted by Crippen LogP contribution is -2.47. The van der Waals surface area contributed by atoms with Gasteiger partial charge in [0.1, 0.15) is 5.82 Å². The van der Waals surface area contributed by atoms with Gasteiger partial charge in [0.15, 0.2) is 0 Å². The maximum absolute atomic E-state index is 14.5.